The molecule has 0 spiro atoms. The Hall–Kier alpha value is -1.39. The molecule has 0 heterocycles. The van der Waals surface area contributed by atoms with Crippen molar-refractivity contribution in [1.29, 1.82) is 0 Å². The Labute approximate surface area is 103 Å². The second-order valence-electron chi connectivity index (χ2n) is 4.02. The molecule has 17 heavy (non-hydrogen) atoms. The first-order valence-electron chi connectivity index (χ1n) is 5.90. The van der Waals surface area contributed by atoms with E-state index in [9.17, 15) is 4.79 Å². The Morgan fingerprint density at radius 1 is 1.41 bits per heavy atom. The molecule has 4 heteroatoms. The first-order valence-corrected chi connectivity index (χ1v) is 5.90. The number of hydrogen-bond acceptors (Lipinski definition) is 3. The minimum absolute atomic E-state index is 0.0205. The van der Waals surface area contributed by atoms with Crippen molar-refractivity contribution in [3.8, 4) is 0 Å². The largest absolute Gasteiger partial charge is 0.358 e. The normalized spacial score (nSPS) is 12.5. The Morgan fingerprint density at radius 2 is 2.06 bits per heavy atom. The standard InChI is InChI=1S/C13H21N3O/c1-3-16(10-13(17)15-2)9-12(14)11-7-5-4-6-8-11/h4-8,12H,3,9-10,14H2,1-2H3,(H,15,17). The van der Waals surface area contributed by atoms with Crippen molar-refractivity contribution in [2.45, 2.75) is 13.0 Å². The molecule has 1 atom stereocenters. The average molecular weight is 235 g/mol. The highest BCUT2D eigenvalue weighted by atomic mass is 16.1. The summed E-state index contributed by atoms with van der Waals surface area (Å²) in [5.41, 5.74) is 7.22. The third kappa shape index (κ3) is 4.54. The summed E-state index contributed by atoms with van der Waals surface area (Å²) in [7, 11) is 1.65. The minimum atomic E-state index is -0.0548. The maximum Gasteiger partial charge on any atom is 0.233 e. The molecule has 1 unspecified atom stereocenters. The van der Waals surface area contributed by atoms with Gasteiger partial charge >= 0.3 is 0 Å². The van der Waals surface area contributed by atoms with Gasteiger partial charge in [-0.15, -0.1) is 0 Å². The van der Waals surface area contributed by atoms with Crippen LogP contribution in [0.3, 0.4) is 0 Å². The van der Waals surface area contributed by atoms with Gasteiger partial charge in [0.2, 0.25) is 5.91 Å². The lowest BCUT2D eigenvalue weighted by Crippen LogP contribution is -2.39. The van der Waals surface area contributed by atoms with Crippen LogP contribution in [0.25, 0.3) is 0 Å². The quantitative estimate of drug-likeness (QED) is 0.765. The minimum Gasteiger partial charge on any atom is -0.358 e. The molecule has 0 aliphatic heterocycles. The van der Waals surface area contributed by atoms with E-state index in [1.54, 1.807) is 7.05 Å². The summed E-state index contributed by atoms with van der Waals surface area (Å²) in [6, 6.07) is 9.89. The molecule has 0 saturated carbocycles. The van der Waals surface area contributed by atoms with Gasteiger partial charge in [-0.2, -0.15) is 0 Å². The van der Waals surface area contributed by atoms with Crippen molar-refractivity contribution in [3.63, 3.8) is 0 Å². The molecule has 1 rings (SSSR count). The summed E-state index contributed by atoms with van der Waals surface area (Å²) in [5, 5.41) is 2.62. The zero-order valence-electron chi connectivity index (χ0n) is 10.5. The van der Waals surface area contributed by atoms with E-state index in [-0.39, 0.29) is 11.9 Å². The Balaban J connectivity index is 2.53. The summed E-state index contributed by atoms with van der Waals surface area (Å²) < 4.78 is 0. The van der Waals surface area contributed by atoms with Gasteiger partial charge in [-0.3, -0.25) is 9.69 Å². The van der Waals surface area contributed by atoms with E-state index in [2.05, 4.69) is 5.32 Å². The molecule has 0 aliphatic rings. The van der Waals surface area contributed by atoms with Crippen LogP contribution in [-0.4, -0.2) is 37.5 Å². The predicted octanol–water partition coefficient (Wildman–Crippen LogP) is 0.754. The van der Waals surface area contributed by atoms with Gasteiger partial charge in [0.15, 0.2) is 0 Å². The number of rotatable bonds is 6. The van der Waals surface area contributed by atoms with E-state index in [4.69, 9.17) is 5.73 Å². The second-order valence-corrected chi connectivity index (χ2v) is 4.02. The maximum absolute atomic E-state index is 11.3. The summed E-state index contributed by atoms with van der Waals surface area (Å²) >= 11 is 0. The molecule has 94 valence electrons. The van der Waals surface area contributed by atoms with E-state index in [0.29, 0.717) is 13.1 Å². The highest BCUT2D eigenvalue weighted by Crippen LogP contribution is 2.10. The van der Waals surface area contributed by atoms with E-state index >= 15 is 0 Å². The fourth-order valence-corrected chi connectivity index (χ4v) is 1.67. The molecule has 0 bridgehead atoms. The second kappa shape index (κ2) is 7.04. The summed E-state index contributed by atoms with van der Waals surface area (Å²) in [6.07, 6.45) is 0. The number of amides is 1. The van der Waals surface area contributed by atoms with Crippen LogP contribution in [0.4, 0.5) is 0 Å². The molecule has 0 saturated heterocycles. The molecule has 1 aromatic rings. The topological polar surface area (TPSA) is 58.4 Å². The molecular formula is C13H21N3O. The van der Waals surface area contributed by atoms with Crippen molar-refractivity contribution < 1.29 is 4.79 Å². The van der Waals surface area contributed by atoms with Crippen LogP contribution in [0.5, 0.6) is 0 Å². The van der Waals surface area contributed by atoms with E-state index in [1.165, 1.54) is 0 Å². The monoisotopic (exact) mass is 235 g/mol. The highest BCUT2D eigenvalue weighted by molar-refractivity contribution is 5.77. The number of nitrogens with two attached hydrogens (primary N) is 1. The van der Waals surface area contributed by atoms with E-state index in [1.807, 2.05) is 42.2 Å². The Bertz CT molecular complexity index is 340. The molecule has 3 N–H and O–H groups in total. The van der Waals surface area contributed by atoms with Crippen LogP contribution in [0.2, 0.25) is 0 Å². The molecule has 0 fully saturated rings. The van der Waals surface area contributed by atoms with Crippen LogP contribution in [0.15, 0.2) is 30.3 Å². The van der Waals surface area contributed by atoms with Crippen LogP contribution >= 0.6 is 0 Å². The Morgan fingerprint density at radius 3 is 2.59 bits per heavy atom. The van der Waals surface area contributed by atoms with Crippen molar-refractivity contribution in [1.82, 2.24) is 10.2 Å². The van der Waals surface area contributed by atoms with Crippen LogP contribution in [0, 0.1) is 0 Å². The number of nitrogens with zero attached hydrogens (tertiary/aromatic N) is 1. The van der Waals surface area contributed by atoms with Crippen molar-refractivity contribution in [2.75, 3.05) is 26.7 Å². The number of hydrogen-bond donors (Lipinski definition) is 2. The van der Waals surface area contributed by atoms with Crippen molar-refractivity contribution in [3.05, 3.63) is 35.9 Å². The zero-order chi connectivity index (χ0) is 12.7. The SMILES string of the molecule is CCN(CC(=O)NC)CC(N)c1ccccc1. The maximum atomic E-state index is 11.3. The molecule has 0 aliphatic carbocycles. The van der Waals surface area contributed by atoms with Gasteiger partial charge in [0, 0.05) is 19.6 Å². The molecule has 0 aromatic heterocycles. The summed E-state index contributed by atoms with van der Waals surface area (Å²) in [6.45, 7) is 3.93. The number of carbonyl (C=O) groups excluding carboxylic acids is 1. The molecule has 4 nitrogen and oxygen atoms in total. The van der Waals surface area contributed by atoms with E-state index in [0.717, 1.165) is 12.1 Å². The number of nitrogens with one attached hydrogen (secondary N) is 1. The first kappa shape index (κ1) is 13.7. The Kier molecular flexibility index (Phi) is 5.66. The summed E-state index contributed by atoms with van der Waals surface area (Å²) in [5.74, 6) is 0.0205. The number of carbonyl (C=O) groups is 1. The van der Waals surface area contributed by atoms with E-state index < -0.39 is 0 Å². The smallest absolute Gasteiger partial charge is 0.233 e. The molecule has 1 aromatic carbocycles. The lowest BCUT2D eigenvalue weighted by Gasteiger charge is -2.23. The fraction of sp³-hybridized carbons (Fsp3) is 0.462. The average Bonchev–Trinajstić information content (AvgIpc) is 2.38. The van der Waals surface area contributed by atoms with Crippen LogP contribution in [-0.2, 0) is 4.79 Å². The van der Waals surface area contributed by atoms with Gasteiger partial charge in [-0.05, 0) is 12.1 Å². The lowest BCUT2D eigenvalue weighted by atomic mass is 10.1. The van der Waals surface area contributed by atoms with Crippen molar-refractivity contribution in [2.24, 2.45) is 5.73 Å². The molecule has 0 radical (unpaired) electrons. The van der Waals surface area contributed by atoms with Gasteiger partial charge in [0.1, 0.15) is 0 Å². The van der Waals surface area contributed by atoms with Gasteiger partial charge in [0.05, 0.1) is 6.54 Å². The number of benzene rings is 1. The first-order chi connectivity index (χ1) is 8.17. The van der Waals surface area contributed by atoms with Gasteiger partial charge < -0.3 is 11.1 Å². The predicted molar refractivity (Wildman–Crippen MR) is 69.6 cm³/mol. The zero-order valence-corrected chi connectivity index (χ0v) is 10.5. The fourth-order valence-electron chi connectivity index (χ4n) is 1.67. The van der Waals surface area contributed by atoms with Crippen molar-refractivity contribution >= 4 is 5.91 Å². The number of likely N-dealkylation sites (N-methyl/N-ethyl adjacent to an activating group) is 2. The third-order valence-corrected chi connectivity index (χ3v) is 2.78. The highest BCUT2D eigenvalue weighted by Gasteiger charge is 2.13. The van der Waals surface area contributed by atoms with Gasteiger partial charge in [-0.25, -0.2) is 0 Å². The van der Waals surface area contributed by atoms with Crippen LogP contribution < -0.4 is 11.1 Å². The summed E-state index contributed by atoms with van der Waals surface area (Å²) in [4.78, 5) is 13.3. The van der Waals surface area contributed by atoms with Gasteiger partial charge in [0.25, 0.3) is 0 Å². The molecular weight excluding hydrogens is 214 g/mol. The molecule has 1 amide bonds. The van der Waals surface area contributed by atoms with Crippen LogP contribution in [0.1, 0.15) is 18.5 Å². The lowest BCUT2D eigenvalue weighted by molar-refractivity contribution is -0.121. The third-order valence-electron chi connectivity index (χ3n) is 2.78. The van der Waals surface area contributed by atoms with Gasteiger partial charge in [-0.1, -0.05) is 37.3 Å².